The first-order valence-corrected chi connectivity index (χ1v) is 18.1. The summed E-state index contributed by atoms with van der Waals surface area (Å²) in [5.74, 6) is 1.31. The molecule has 12 heteroatoms. The first kappa shape index (κ1) is 31.8. The van der Waals surface area contributed by atoms with E-state index in [9.17, 15) is 8.42 Å². The number of hydrogen-bond acceptors (Lipinski definition) is 9. The van der Waals surface area contributed by atoms with Gasteiger partial charge in [-0.05, 0) is 89.7 Å². The maximum absolute atomic E-state index is 13.1. The van der Waals surface area contributed by atoms with Crippen LogP contribution in [0.5, 0.6) is 5.75 Å². The van der Waals surface area contributed by atoms with Crippen molar-refractivity contribution in [2.24, 2.45) is 0 Å². The van der Waals surface area contributed by atoms with Crippen LogP contribution < -0.4 is 25.0 Å². The number of piperidine rings is 2. The number of rotatable bonds is 11. The van der Waals surface area contributed by atoms with E-state index in [4.69, 9.17) is 16.3 Å². The van der Waals surface area contributed by atoms with Gasteiger partial charge < -0.3 is 25.2 Å². The number of sulfonamides is 1. The minimum atomic E-state index is -3.72. The zero-order valence-corrected chi connectivity index (χ0v) is 27.7. The highest BCUT2D eigenvalue weighted by molar-refractivity contribution is 7.89. The molecule has 0 bridgehead atoms. The molecule has 0 spiro atoms. The Morgan fingerprint density at radius 2 is 1.67 bits per heavy atom. The molecule has 3 aromatic rings. The summed E-state index contributed by atoms with van der Waals surface area (Å²) in [4.78, 5) is 14.3. The quantitative estimate of drug-likeness (QED) is 0.208. The van der Waals surface area contributed by atoms with Gasteiger partial charge in [-0.3, -0.25) is 0 Å². The lowest BCUT2D eigenvalue weighted by Gasteiger charge is -2.41. The molecule has 1 aromatic heterocycles. The maximum atomic E-state index is 13.1. The van der Waals surface area contributed by atoms with Crippen LogP contribution in [0.4, 0.5) is 28.8 Å². The van der Waals surface area contributed by atoms with Crippen molar-refractivity contribution in [3.05, 3.63) is 53.7 Å². The molecule has 45 heavy (non-hydrogen) atoms. The number of halogens is 1. The summed E-state index contributed by atoms with van der Waals surface area (Å²) in [6.07, 6.45) is 10.6. The minimum absolute atomic E-state index is 0.0264. The number of hydrogen-bond donors (Lipinski definition) is 3. The van der Waals surface area contributed by atoms with Gasteiger partial charge in [-0.1, -0.05) is 36.6 Å². The fourth-order valence-electron chi connectivity index (χ4n) is 6.31. The summed E-state index contributed by atoms with van der Waals surface area (Å²) in [7, 11) is -3.72. The first-order valence-electron chi connectivity index (χ1n) is 16.2. The van der Waals surface area contributed by atoms with E-state index in [2.05, 4.69) is 47.3 Å². The van der Waals surface area contributed by atoms with Crippen molar-refractivity contribution in [1.29, 1.82) is 0 Å². The third kappa shape index (κ3) is 7.82. The summed E-state index contributed by atoms with van der Waals surface area (Å²) < 4.78 is 35.3. The Morgan fingerprint density at radius 3 is 2.38 bits per heavy atom. The molecule has 2 aromatic carbocycles. The third-order valence-corrected chi connectivity index (χ3v) is 10.8. The number of anilines is 5. The highest BCUT2D eigenvalue weighted by Gasteiger charge is 2.28. The zero-order chi connectivity index (χ0) is 31.4. The number of ether oxygens (including phenoxy) is 1. The lowest BCUT2D eigenvalue weighted by Crippen LogP contribution is -2.46. The Labute approximate surface area is 272 Å². The van der Waals surface area contributed by atoms with Crippen molar-refractivity contribution in [2.75, 3.05) is 41.7 Å². The van der Waals surface area contributed by atoms with Crippen LogP contribution in [0.3, 0.4) is 0 Å². The van der Waals surface area contributed by atoms with Crippen molar-refractivity contribution in [2.45, 2.75) is 88.3 Å². The minimum Gasteiger partial charge on any atom is -0.489 e. The molecule has 3 N–H and O–H groups in total. The normalized spacial score (nSPS) is 18.5. The van der Waals surface area contributed by atoms with Gasteiger partial charge >= 0.3 is 0 Å². The van der Waals surface area contributed by atoms with E-state index in [0.29, 0.717) is 29.2 Å². The van der Waals surface area contributed by atoms with Crippen LogP contribution in [0, 0.1) is 0 Å². The Morgan fingerprint density at radius 1 is 0.911 bits per heavy atom. The van der Waals surface area contributed by atoms with Crippen LogP contribution in [-0.4, -0.2) is 67.7 Å². The van der Waals surface area contributed by atoms with Crippen LogP contribution in [0.15, 0.2) is 53.6 Å². The van der Waals surface area contributed by atoms with E-state index in [1.54, 1.807) is 24.3 Å². The lowest BCUT2D eigenvalue weighted by atomic mass is 9.94. The van der Waals surface area contributed by atoms with E-state index in [0.717, 1.165) is 43.7 Å². The molecule has 2 aliphatic heterocycles. The average molecular weight is 654 g/mol. The van der Waals surface area contributed by atoms with E-state index >= 15 is 0 Å². The molecule has 2 saturated heterocycles. The molecule has 1 saturated carbocycles. The number of nitrogens with zero attached hydrogens (tertiary/aromatic N) is 4. The second-order valence-corrected chi connectivity index (χ2v) is 14.6. The Kier molecular flexibility index (Phi) is 9.99. The highest BCUT2D eigenvalue weighted by Crippen LogP contribution is 2.35. The first-order chi connectivity index (χ1) is 21.7. The molecule has 0 atom stereocenters. The number of para-hydroxylation sites is 1. The van der Waals surface area contributed by atoms with Crippen molar-refractivity contribution in [1.82, 2.24) is 19.6 Å². The molecule has 0 unspecified atom stereocenters. The van der Waals surface area contributed by atoms with Gasteiger partial charge in [0.1, 0.15) is 15.7 Å². The van der Waals surface area contributed by atoms with Gasteiger partial charge in [0.2, 0.25) is 16.0 Å². The largest absolute Gasteiger partial charge is 0.489 e. The number of aromatic nitrogens is 2. The van der Waals surface area contributed by atoms with Crippen LogP contribution >= 0.6 is 11.6 Å². The van der Waals surface area contributed by atoms with Crippen LogP contribution in [-0.2, 0) is 10.0 Å². The van der Waals surface area contributed by atoms with Gasteiger partial charge in [0, 0.05) is 36.9 Å². The van der Waals surface area contributed by atoms with E-state index in [1.807, 2.05) is 19.9 Å². The van der Waals surface area contributed by atoms with Gasteiger partial charge in [0.25, 0.3) is 0 Å². The number of nitrogens with one attached hydrogen (secondary N) is 3. The van der Waals surface area contributed by atoms with Gasteiger partial charge in [-0.25, -0.2) is 18.1 Å². The van der Waals surface area contributed by atoms with Crippen molar-refractivity contribution >= 4 is 50.5 Å². The Balaban J connectivity index is 1.18. The van der Waals surface area contributed by atoms with Gasteiger partial charge in [0.15, 0.2) is 5.82 Å². The highest BCUT2D eigenvalue weighted by atomic mass is 35.5. The molecule has 242 valence electrons. The van der Waals surface area contributed by atoms with Gasteiger partial charge in [-0.15, -0.1) is 0 Å². The van der Waals surface area contributed by atoms with Crippen LogP contribution in [0.1, 0.15) is 65.2 Å². The fraction of sp³-hybridized carbons (Fsp3) is 0.515. The summed E-state index contributed by atoms with van der Waals surface area (Å²) in [6.45, 7) is 8.55. The van der Waals surface area contributed by atoms with E-state index < -0.39 is 10.0 Å². The predicted octanol–water partition coefficient (Wildman–Crippen LogP) is 6.69. The molecular weight excluding hydrogens is 610 g/mol. The van der Waals surface area contributed by atoms with Crippen LogP contribution in [0.25, 0.3) is 0 Å². The smallest absolute Gasteiger partial charge is 0.242 e. The molecule has 6 rings (SSSR count). The Hall–Kier alpha value is -3.12. The van der Waals surface area contributed by atoms with Crippen LogP contribution in [0.2, 0.25) is 5.02 Å². The molecule has 3 fully saturated rings. The summed E-state index contributed by atoms with van der Waals surface area (Å²) in [5, 5.41) is 6.69. The standard InChI is InChI=1S/C33H44ClN7O3S/c1-23(2)44-30-21-26(41-19-15-25(16-20-41)40-17-6-3-7-18-40)13-14-28(30)37-33-35-22-27(34)32(38-33)36-29-11-4-5-12-31(29)45(42,43)39-24-9-8-10-24/h4-5,11-14,21-25,39H,3,6-10,15-20H2,1-2H3,(H2,35,36,37,38). The van der Waals surface area contributed by atoms with Gasteiger partial charge in [-0.2, -0.15) is 4.98 Å². The molecule has 0 amide bonds. The second kappa shape index (κ2) is 14.1. The molecule has 0 radical (unpaired) electrons. The fourth-order valence-corrected chi connectivity index (χ4v) is 7.92. The summed E-state index contributed by atoms with van der Waals surface area (Å²) in [5.41, 5.74) is 2.26. The lowest BCUT2D eigenvalue weighted by molar-refractivity contribution is 0.141. The van der Waals surface area contributed by atoms with E-state index in [1.165, 1.54) is 51.4 Å². The molecular formula is C33H44ClN7O3S. The SMILES string of the molecule is CC(C)Oc1cc(N2CCC(N3CCCCC3)CC2)ccc1Nc1ncc(Cl)c(Nc2ccccc2S(=O)(=O)NC2CCC2)n1. The molecule has 10 nitrogen and oxygen atoms in total. The molecule has 3 aliphatic rings. The third-order valence-electron chi connectivity index (χ3n) is 8.91. The Bertz CT molecular complexity index is 1570. The number of benzene rings is 2. The predicted molar refractivity (Wildman–Crippen MR) is 181 cm³/mol. The van der Waals surface area contributed by atoms with Gasteiger partial charge in [0.05, 0.1) is 23.7 Å². The summed E-state index contributed by atoms with van der Waals surface area (Å²) in [6, 6.07) is 13.6. The van der Waals surface area contributed by atoms with Crippen molar-refractivity contribution in [3.63, 3.8) is 0 Å². The van der Waals surface area contributed by atoms with Crippen molar-refractivity contribution in [3.8, 4) is 5.75 Å². The topological polar surface area (TPSA) is 112 Å². The second-order valence-electron chi connectivity index (χ2n) is 12.5. The monoisotopic (exact) mass is 653 g/mol. The maximum Gasteiger partial charge on any atom is 0.242 e. The summed E-state index contributed by atoms with van der Waals surface area (Å²) >= 11 is 6.48. The zero-order valence-electron chi connectivity index (χ0n) is 26.1. The average Bonchev–Trinajstić information content (AvgIpc) is 3.02. The molecule has 1 aliphatic carbocycles. The molecule has 3 heterocycles. The van der Waals surface area contributed by atoms with E-state index in [-0.39, 0.29) is 22.1 Å². The van der Waals surface area contributed by atoms with Crippen molar-refractivity contribution < 1.29 is 13.2 Å². The number of likely N-dealkylation sites (tertiary alicyclic amines) is 1.